The number of para-hydroxylation sites is 2. The Hall–Kier alpha value is -5.31. The molecule has 43 heavy (non-hydrogen) atoms. The van der Waals surface area contributed by atoms with E-state index in [9.17, 15) is 14.9 Å². The van der Waals surface area contributed by atoms with Crippen molar-refractivity contribution in [1.82, 2.24) is 9.66 Å². The lowest BCUT2D eigenvalue weighted by Crippen LogP contribution is -2.21. The normalized spacial score (nSPS) is 11.4. The molecule has 1 heterocycles. The molecule has 0 spiro atoms. The van der Waals surface area contributed by atoms with Crippen molar-refractivity contribution in [3.8, 4) is 22.9 Å². The van der Waals surface area contributed by atoms with E-state index in [1.54, 1.807) is 37.4 Å². The van der Waals surface area contributed by atoms with Crippen LogP contribution in [0, 0.1) is 24.0 Å². The Labute approximate surface area is 249 Å². The molecule has 0 aliphatic rings. The zero-order valence-electron chi connectivity index (χ0n) is 24.7. The summed E-state index contributed by atoms with van der Waals surface area (Å²) >= 11 is 0. The van der Waals surface area contributed by atoms with Crippen molar-refractivity contribution in [2.75, 3.05) is 7.11 Å². The van der Waals surface area contributed by atoms with Crippen molar-refractivity contribution in [2.45, 2.75) is 40.2 Å². The highest BCUT2D eigenvalue weighted by Crippen LogP contribution is 2.34. The van der Waals surface area contributed by atoms with Gasteiger partial charge in [0.1, 0.15) is 12.4 Å². The SMILES string of the molecule is COc1cc(C)c(-c2nc3ccccc3c(=O)n2N=Cc2cccc([N+](=O)[O-])c2OCc2ccc(C)cc2)cc1C(C)C. The molecule has 5 rings (SSSR count). The fourth-order valence-electron chi connectivity index (χ4n) is 4.88. The van der Waals surface area contributed by atoms with Crippen molar-refractivity contribution < 1.29 is 14.4 Å². The monoisotopic (exact) mass is 576 g/mol. The maximum atomic E-state index is 13.8. The number of benzene rings is 4. The summed E-state index contributed by atoms with van der Waals surface area (Å²) < 4.78 is 12.9. The van der Waals surface area contributed by atoms with Gasteiger partial charge in [0, 0.05) is 17.2 Å². The summed E-state index contributed by atoms with van der Waals surface area (Å²) in [5.74, 6) is 1.30. The highest BCUT2D eigenvalue weighted by atomic mass is 16.6. The summed E-state index contributed by atoms with van der Waals surface area (Å²) in [6, 6.07) is 23.3. The van der Waals surface area contributed by atoms with Crippen molar-refractivity contribution in [2.24, 2.45) is 5.10 Å². The van der Waals surface area contributed by atoms with Crippen LogP contribution in [-0.4, -0.2) is 27.9 Å². The van der Waals surface area contributed by atoms with Gasteiger partial charge in [0.25, 0.3) is 5.56 Å². The smallest absolute Gasteiger partial charge is 0.311 e. The number of ether oxygens (including phenoxy) is 2. The zero-order chi connectivity index (χ0) is 30.7. The van der Waals surface area contributed by atoms with Gasteiger partial charge in [-0.3, -0.25) is 14.9 Å². The van der Waals surface area contributed by atoms with Gasteiger partial charge in [0.05, 0.1) is 29.2 Å². The summed E-state index contributed by atoms with van der Waals surface area (Å²) in [5.41, 5.74) is 4.81. The molecule has 4 aromatic carbocycles. The molecular formula is C34H32N4O5. The number of aryl methyl sites for hydroxylation is 2. The van der Waals surface area contributed by atoms with Crippen LogP contribution < -0.4 is 15.0 Å². The average Bonchev–Trinajstić information content (AvgIpc) is 3.00. The predicted molar refractivity (Wildman–Crippen MR) is 168 cm³/mol. The number of nitro groups is 1. The lowest BCUT2D eigenvalue weighted by molar-refractivity contribution is -0.385. The van der Waals surface area contributed by atoms with Crippen LogP contribution in [0.25, 0.3) is 22.3 Å². The first kappa shape index (κ1) is 29.2. The molecule has 0 aliphatic heterocycles. The number of hydrogen-bond acceptors (Lipinski definition) is 7. The predicted octanol–water partition coefficient (Wildman–Crippen LogP) is 7.18. The summed E-state index contributed by atoms with van der Waals surface area (Å²) in [7, 11) is 1.63. The second-order valence-corrected chi connectivity index (χ2v) is 10.6. The average molecular weight is 577 g/mol. The molecule has 0 atom stereocenters. The fraction of sp³-hybridized carbons (Fsp3) is 0.206. The number of methoxy groups -OCH3 is 1. The third kappa shape index (κ3) is 6.01. The van der Waals surface area contributed by atoms with Crippen LogP contribution in [0.5, 0.6) is 11.5 Å². The van der Waals surface area contributed by atoms with E-state index in [0.29, 0.717) is 22.3 Å². The molecular weight excluding hydrogens is 544 g/mol. The molecule has 0 bridgehead atoms. The molecule has 9 nitrogen and oxygen atoms in total. The summed E-state index contributed by atoms with van der Waals surface area (Å²) in [6.45, 7) is 8.16. The van der Waals surface area contributed by atoms with Crippen LogP contribution in [0.1, 0.15) is 47.6 Å². The minimum absolute atomic E-state index is 0.0582. The Balaban J connectivity index is 1.67. The first-order valence-electron chi connectivity index (χ1n) is 13.9. The Bertz CT molecular complexity index is 1910. The van der Waals surface area contributed by atoms with Crippen LogP contribution >= 0.6 is 0 Å². The topological polar surface area (TPSA) is 109 Å². The van der Waals surface area contributed by atoms with Gasteiger partial charge in [0.15, 0.2) is 5.82 Å². The molecule has 0 fully saturated rings. The maximum Gasteiger partial charge on any atom is 0.311 e. The number of aromatic nitrogens is 2. The molecule has 0 N–H and O–H groups in total. The third-order valence-electron chi connectivity index (χ3n) is 7.23. The first-order valence-corrected chi connectivity index (χ1v) is 13.9. The molecule has 0 radical (unpaired) electrons. The molecule has 1 aromatic heterocycles. The van der Waals surface area contributed by atoms with E-state index in [2.05, 4.69) is 18.9 Å². The summed E-state index contributed by atoms with van der Waals surface area (Å²) in [6.07, 6.45) is 1.40. The zero-order valence-corrected chi connectivity index (χ0v) is 24.7. The highest BCUT2D eigenvalue weighted by Gasteiger charge is 2.21. The third-order valence-corrected chi connectivity index (χ3v) is 7.23. The Morgan fingerprint density at radius 2 is 1.77 bits per heavy atom. The van der Waals surface area contributed by atoms with Gasteiger partial charge >= 0.3 is 5.69 Å². The highest BCUT2D eigenvalue weighted by molar-refractivity contribution is 5.86. The summed E-state index contributed by atoms with van der Waals surface area (Å²) in [4.78, 5) is 30.1. The molecule has 0 saturated heterocycles. The van der Waals surface area contributed by atoms with Crippen LogP contribution in [0.15, 0.2) is 88.8 Å². The Kier molecular flexibility index (Phi) is 8.34. The molecule has 9 heteroatoms. The van der Waals surface area contributed by atoms with E-state index in [1.807, 2.05) is 56.3 Å². The van der Waals surface area contributed by atoms with Gasteiger partial charge in [-0.15, -0.1) is 0 Å². The van der Waals surface area contributed by atoms with E-state index in [1.165, 1.54) is 17.0 Å². The Morgan fingerprint density at radius 3 is 2.47 bits per heavy atom. The van der Waals surface area contributed by atoms with Crippen molar-refractivity contribution in [3.05, 3.63) is 127 Å². The quantitative estimate of drug-likeness (QED) is 0.104. The van der Waals surface area contributed by atoms with E-state index in [0.717, 1.165) is 33.6 Å². The van der Waals surface area contributed by atoms with Gasteiger partial charge in [-0.2, -0.15) is 9.78 Å². The van der Waals surface area contributed by atoms with Crippen LogP contribution in [0.2, 0.25) is 0 Å². The van der Waals surface area contributed by atoms with Gasteiger partial charge in [0.2, 0.25) is 5.75 Å². The number of nitrogens with zero attached hydrogens (tertiary/aromatic N) is 4. The standard InChI is InChI=1S/C34H32N4O5/c1-21(2)27-18-28(23(4)17-31(27)42-5)33-36-29-11-7-6-10-26(29)34(39)37(33)35-19-25-9-8-12-30(38(40)41)32(25)43-20-24-15-13-22(3)14-16-24/h6-19,21H,20H2,1-5H3. The van der Waals surface area contributed by atoms with Gasteiger partial charge in [-0.1, -0.05) is 61.9 Å². The van der Waals surface area contributed by atoms with Crippen molar-refractivity contribution in [1.29, 1.82) is 0 Å². The van der Waals surface area contributed by atoms with Crippen molar-refractivity contribution in [3.63, 3.8) is 0 Å². The number of hydrogen-bond donors (Lipinski definition) is 0. The molecule has 218 valence electrons. The number of rotatable bonds is 9. The van der Waals surface area contributed by atoms with Crippen molar-refractivity contribution >= 4 is 22.8 Å². The number of fused-ring (bicyclic) bond motifs is 1. The van der Waals surface area contributed by atoms with E-state index >= 15 is 0 Å². The van der Waals surface area contributed by atoms with E-state index < -0.39 is 4.92 Å². The van der Waals surface area contributed by atoms with Crippen LogP contribution in [-0.2, 0) is 6.61 Å². The maximum absolute atomic E-state index is 13.8. The summed E-state index contributed by atoms with van der Waals surface area (Å²) in [5, 5.41) is 16.9. The molecule has 5 aromatic rings. The van der Waals surface area contributed by atoms with Gasteiger partial charge in [-0.05, 0) is 66.8 Å². The first-order chi connectivity index (χ1) is 20.7. The lowest BCUT2D eigenvalue weighted by Gasteiger charge is -2.17. The largest absolute Gasteiger partial charge is 0.496 e. The molecule has 0 aliphatic carbocycles. The fourth-order valence-corrected chi connectivity index (χ4v) is 4.88. The molecule has 0 unspecified atom stereocenters. The van der Waals surface area contributed by atoms with Gasteiger partial charge < -0.3 is 9.47 Å². The second-order valence-electron chi connectivity index (χ2n) is 10.6. The number of nitro benzene ring substituents is 1. The molecule has 0 saturated carbocycles. The second kappa shape index (κ2) is 12.3. The van der Waals surface area contributed by atoms with Gasteiger partial charge in [-0.25, -0.2) is 4.98 Å². The Morgan fingerprint density at radius 1 is 1.02 bits per heavy atom. The van der Waals surface area contributed by atoms with E-state index in [-0.39, 0.29) is 29.5 Å². The van der Waals surface area contributed by atoms with Crippen LogP contribution in [0.4, 0.5) is 5.69 Å². The lowest BCUT2D eigenvalue weighted by atomic mass is 9.96. The van der Waals surface area contributed by atoms with Crippen LogP contribution in [0.3, 0.4) is 0 Å². The minimum Gasteiger partial charge on any atom is -0.496 e. The molecule has 0 amide bonds. The minimum atomic E-state index is -0.495. The van der Waals surface area contributed by atoms with E-state index in [4.69, 9.17) is 14.5 Å².